The summed E-state index contributed by atoms with van der Waals surface area (Å²) >= 11 is 6.10. The molecule has 2 aromatic rings. The molecule has 0 aliphatic carbocycles. The molecular weight excluding hydrogens is 263 g/mol. The summed E-state index contributed by atoms with van der Waals surface area (Å²) in [5, 5.41) is 0.533. The van der Waals surface area contributed by atoms with Crippen molar-refractivity contribution in [3.63, 3.8) is 0 Å². The molecule has 0 aromatic heterocycles. The maximum absolute atomic E-state index is 13.4. The summed E-state index contributed by atoms with van der Waals surface area (Å²) < 4.78 is 13.4. The van der Waals surface area contributed by atoms with E-state index in [4.69, 9.17) is 17.3 Å². The van der Waals surface area contributed by atoms with Gasteiger partial charge in [0.15, 0.2) is 0 Å². The van der Waals surface area contributed by atoms with Gasteiger partial charge in [0.25, 0.3) is 0 Å². The van der Waals surface area contributed by atoms with Crippen LogP contribution in [0.5, 0.6) is 0 Å². The standard InChI is InChI=1S/C15H14ClFN2/c1-9-6-13(18)12(16)8-14(9)19-5-4-10-2-3-11(17)7-15(10)19/h2-3,6-8H,4-5,18H2,1H3. The fraction of sp³-hybridized carbons (Fsp3) is 0.200. The van der Waals surface area contributed by atoms with E-state index in [0.29, 0.717) is 10.7 Å². The number of hydrogen-bond donors (Lipinski definition) is 1. The Bertz CT molecular complexity index is 655. The number of fused-ring (bicyclic) bond motifs is 1. The van der Waals surface area contributed by atoms with Gasteiger partial charge in [-0.1, -0.05) is 17.7 Å². The zero-order valence-corrected chi connectivity index (χ0v) is 11.3. The Hall–Kier alpha value is -1.74. The number of aryl methyl sites for hydroxylation is 1. The molecule has 1 aliphatic heterocycles. The van der Waals surface area contributed by atoms with Crippen LogP contribution in [0, 0.1) is 12.7 Å². The summed E-state index contributed by atoms with van der Waals surface area (Å²) in [4.78, 5) is 2.10. The van der Waals surface area contributed by atoms with E-state index in [1.807, 2.05) is 25.1 Å². The fourth-order valence-corrected chi connectivity index (χ4v) is 2.74. The molecule has 0 bridgehead atoms. The number of anilines is 3. The number of rotatable bonds is 1. The Morgan fingerprint density at radius 1 is 1.21 bits per heavy atom. The van der Waals surface area contributed by atoms with Gasteiger partial charge < -0.3 is 10.6 Å². The monoisotopic (exact) mass is 276 g/mol. The van der Waals surface area contributed by atoms with Crippen LogP contribution >= 0.6 is 11.6 Å². The number of nitrogens with two attached hydrogens (primary N) is 1. The van der Waals surface area contributed by atoms with Gasteiger partial charge in [-0.05, 0) is 48.7 Å². The molecule has 19 heavy (non-hydrogen) atoms. The first kappa shape index (κ1) is 12.3. The van der Waals surface area contributed by atoms with E-state index < -0.39 is 0 Å². The van der Waals surface area contributed by atoms with Crippen molar-refractivity contribution in [2.45, 2.75) is 13.3 Å². The minimum absolute atomic E-state index is 0.218. The molecule has 0 atom stereocenters. The molecule has 4 heteroatoms. The van der Waals surface area contributed by atoms with Crippen LogP contribution in [0.25, 0.3) is 0 Å². The van der Waals surface area contributed by atoms with E-state index in [1.54, 1.807) is 6.07 Å². The van der Waals surface area contributed by atoms with Crippen molar-refractivity contribution in [1.82, 2.24) is 0 Å². The molecule has 0 spiro atoms. The molecule has 0 saturated heterocycles. The molecule has 0 amide bonds. The highest BCUT2D eigenvalue weighted by molar-refractivity contribution is 6.33. The molecule has 1 aliphatic rings. The largest absolute Gasteiger partial charge is 0.398 e. The maximum Gasteiger partial charge on any atom is 0.125 e. The molecular formula is C15H14ClFN2. The molecule has 1 heterocycles. The molecule has 0 saturated carbocycles. The van der Waals surface area contributed by atoms with Gasteiger partial charge in [0.1, 0.15) is 5.82 Å². The van der Waals surface area contributed by atoms with Gasteiger partial charge in [-0.3, -0.25) is 0 Å². The van der Waals surface area contributed by atoms with E-state index in [9.17, 15) is 4.39 Å². The third kappa shape index (κ3) is 2.04. The normalized spacial score (nSPS) is 13.7. The van der Waals surface area contributed by atoms with Crippen molar-refractivity contribution in [1.29, 1.82) is 0 Å². The van der Waals surface area contributed by atoms with E-state index in [1.165, 1.54) is 6.07 Å². The van der Waals surface area contributed by atoms with Crippen LogP contribution in [0.2, 0.25) is 5.02 Å². The average Bonchev–Trinajstić information content (AvgIpc) is 2.76. The van der Waals surface area contributed by atoms with Crippen LogP contribution in [0.1, 0.15) is 11.1 Å². The molecule has 0 unspecified atom stereocenters. The smallest absolute Gasteiger partial charge is 0.125 e. The summed E-state index contributed by atoms with van der Waals surface area (Å²) in [5.74, 6) is -0.218. The Morgan fingerprint density at radius 3 is 2.79 bits per heavy atom. The molecule has 0 fully saturated rings. The molecule has 98 valence electrons. The topological polar surface area (TPSA) is 29.3 Å². The average molecular weight is 277 g/mol. The van der Waals surface area contributed by atoms with Crippen molar-refractivity contribution in [3.8, 4) is 0 Å². The molecule has 2 nitrogen and oxygen atoms in total. The lowest BCUT2D eigenvalue weighted by Crippen LogP contribution is -2.14. The van der Waals surface area contributed by atoms with Crippen LogP contribution in [0.3, 0.4) is 0 Å². The minimum Gasteiger partial charge on any atom is -0.398 e. The lowest BCUT2D eigenvalue weighted by Gasteiger charge is -2.22. The predicted molar refractivity (Wildman–Crippen MR) is 77.7 cm³/mol. The van der Waals surface area contributed by atoms with Crippen molar-refractivity contribution >= 4 is 28.7 Å². The Balaban J connectivity index is 2.11. The summed E-state index contributed by atoms with van der Waals surface area (Å²) in [6, 6.07) is 8.64. The third-order valence-electron chi connectivity index (χ3n) is 3.55. The lowest BCUT2D eigenvalue weighted by atomic mass is 10.1. The summed E-state index contributed by atoms with van der Waals surface area (Å²) in [5.41, 5.74) is 10.5. The van der Waals surface area contributed by atoms with Crippen LogP contribution in [-0.4, -0.2) is 6.54 Å². The molecule has 2 aromatic carbocycles. The second-order valence-electron chi connectivity index (χ2n) is 4.83. The van der Waals surface area contributed by atoms with Crippen LogP contribution < -0.4 is 10.6 Å². The van der Waals surface area contributed by atoms with E-state index >= 15 is 0 Å². The number of benzene rings is 2. The second kappa shape index (κ2) is 4.42. The molecule has 0 radical (unpaired) electrons. The van der Waals surface area contributed by atoms with Crippen LogP contribution in [-0.2, 0) is 6.42 Å². The van der Waals surface area contributed by atoms with E-state index in [0.717, 1.165) is 35.5 Å². The minimum atomic E-state index is -0.218. The Kier molecular flexibility index (Phi) is 2.86. The predicted octanol–water partition coefficient (Wildman–Crippen LogP) is 4.06. The van der Waals surface area contributed by atoms with Gasteiger partial charge in [-0.25, -0.2) is 4.39 Å². The Labute approximate surface area is 116 Å². The molecule has 2 N–H and O–H groups in total. The number of halogens is 2. The van der Waals surface area contributed by atoms with Crippen molar-refractivity contribution in [3.05, 3.63) is 52.3 Å². The first-order valence-corrected chi connectivity index (χ1v) is 6.55. The Morgan fingerprint density at radius 2 is 2.00 bits per heavy atom. The lowest BCUT2D eigenvalue weighted by molar-refractivity contribution is 0.628. The second-order valence-corrected chi connectivity index (χ2v) is 5.24. The highest BCUT2D eigenvalue weighted by atomic mass is 35.5. The van der Waals surface area contributed by atoms with Gasteiger partial charge in [-0.2, -0.15) is 0 Å². The zero-order valence-electron chi connectivity index (χ0n) is 10.6. The first-order chi connectivity index (χ1) is 9.06. The molecule has 3 rings (SSSR count). The van der Waals surface area contributed by atoms with E-state index in [-0.39, 0.29) is 5.82 Å². The van der Waals surface area contributed by atoms with Gasteiger partial charge in [-0.15, -0.1) is 0 Å². The van der Waals surface area contributed by atoms with Gasteiger partial charge in [0, 0.05) is 17.9 Å². The maximum atomic E-state index is 13.4. The number of nitrogen functional groups attached to an aromatic ring is 1. The van der Waals surface area contributed by atoms with Crippen LogP contribution in [0.15, 0.2) is 30.3 Å². The van der Waals surface area contributed by atoms with Crippen molar-refractivity contribution in [2.24, 2.45) is 0 Å². The first-order valence-electron chi connectivity index (χ1n) is 6.18. The van der Waals surface area contributed by atoms with Gasteiger partial charge in [0.05, 0.1) is 10.7 Å². The third-order valence-corrected chi connectivity index (χ3v) is 3.88. The fourth-order valence-electron chi connectivity index (χ4n) is 2.59. The van der Waals surface area contributed by atoms with Crippen LogP contribution in [0.4, 0.5) is 21.5 Å². The van der Waals surface area contributed by atoms with Gasteiger partial charge >= 0.3 is 0 Å². The van der Waals surface area contributed by atoms with E-state index in [2.05, 4.69) is 4.90 Å². The number of nitrogens with zero attached hydrogens (tertiary/aromatic N) is 1. The van der Waals surface area contributed by atoms with Gasteiger partial charge in [0.2, 0.25) is 0 Å². The summed E-state index contributed by atoms with van der Waals surface area (Å²) in [7, 11) is 0. The van der Waals surface area contributed by atoms with Crippen molar-refractivity contribution in [2.75, 3.05) is 17.2 Å². The summed E-state index contributed by atoms with van der Waals surface area (Å²) in [6.07, 6.45) is 0.914. The quantitative estimate of drug-likeness (QED) is 0.796. The SMILES string of the molecule is Cc1cc(N)c(Cl)cc1N1CCc2ccc(F)cc21. The number of hydrogen-bond acceptors (Lipinski definition) is 2. The highest BCUT2D eigenvalue weighted by Crippen LogP contribution is 2.39. The highest BCUT2D eigenvalue weighted by Gasteiger charge is 2.22. The summed E-state index contributed by atoms with van der Waals surface area (Å²) in [6.45, 7) is 2.82. The zero-order chi connectivity index (χ0) is 13.6. The van der Waals surface area contributed by atoms with Crippen molar-refractivity contribution < 1.29 is 4.39 Å².